The molecule has 0 spiro atoms. The van der Waals surface area contributed by atoms with E-state index in [4.69, 9.17) is 9.47 Å². The Morgan fingerprint density at radius 3 is 2.60 bits per heavy atom. The largest absolute Gasteiger partial charge is 0.497 e. The number of methoxy groups -OCH3 is 1. The van der Waals surface area contributed by atoms with E-state index in [0.29, 0.717) is 21.5 Å². The molecule has 0 fully saturated rings. The summed E-state index contributed by atoms with van der Waals surface area (Å²) in [6, 6.07) is 9.55. The number of halogens is 2. The van der Waals surface area contributed by atoms with Crippen LogP contribution in [0.4, 0.5) is 4.39 Å². The van der Waals surface area contributed by atoms with E-state index in [2.05, 4.69) is 15.9 Å². The van der Waals surface area contributed by atoms with Crippen LogP contribution < -0.4 is 9.47 Å². The fourth-order valence-corrected chi connectivity index (χ4v) is 2.20. The van der Waals surface area contributed by atoms with Gasteiger partial charge in [-0.2, -0.15) is 0 Å². The molecule has 5 heteroatoms. The van der Waals surface area contributed by atoms with E-state index >= 15 is 0 Å². The molecule has 0 aliphatic heterocycles. The molecular weight excluding hydrogens is 327 g/mol. The van der Waals surface area contributed by atoms with Gasteiger partial charge >= 0.3 is 0 Å². The minimum absolute atomic E-state index is 0.0216. The van der Waals surface area contributed by atoms with Crippen LogP contribution in [0.15, 0.2) is 40.9 Å². The summed E-state index contributed by atoms with van der Waals surface area (Å²) in [6.45, 7) is 1.56. The number of hydrogen-bond acceptors (Lipinski definition) is 3. The van der Waals surface area contributed by atoms with Gasteiger partial charge in [0.2, 0.25) is 0 Å². The van der Waals surface area contributed by atoms with Crippen molar-refractivity contribution in [1.82, 2.24) is 0 Å². The van der Waals surface area contributed by atoms with Crippen LogP contribution in [-0.4, -0.2) is 12.2 Å². The molecule has 2 aromatic rings. The maximum absolute atomic E-state index is 13.9. The van der Waals surface area contributed by atoms with Gasteiger partial charge in [0.25, 0.3) is 0 Å². The molecule has 0 radical (unpaired) electrons. The van der Waals surface area contributed by atoms with Gasteiger partial charge in [-0.15, -0.1) is 0 Å². The predicted octanol–water partition coefficient (Wildman–Crippen LogP) is 4.44. The van der Waals surface area contributed by atoms with E-state index in [1.165, 1.54) is 12.1 Å². The first-order valence-corrected chi connectivity index (χ1v) is 6.80. The molecular formula is C15H14BrFO3. The van der Waals surface area contributed by atoms with Crippen LogP contribution in [0, 0.1) is 5.82 Å². The number of aliphatic hydroxyl groups is 1. The van der Waals surface area contributed by atoms with E-state index in [-0.39, 0.29) is 5.75 Å². The smallest absolute Gasteiger partial charge is 0.168 e. The molecule has 0 aromatic heterocycles. The van der Waals surface area contributed by atoms with Gasteiger partial charge < -0.3 is 14.6 Å². The van der Waals surface area contributed by atoms with Crippen molar-refractivity contribution >= 4 is 15.9 Å². The Morgan fingerprint density at radius 2 is 2.00 bits per heavy atom. The molecule has 0 aliphatic carbocycles. The van der Waals surface area contributed by atoms with Crippen molar-refractivity contribution in [2.45, 2.75) is 13.0 Å². The third-order valence-electron chi connectivity index (χ3n) is 2.80. The zero-order chi connectivity index (χ0) is 14.7. The van der Waals surface area contributed by atoms with E-state index < -0.39 is 11.9 Å². The quantitative estimate of drug-likeness (QED) is 0.893. The van der Waals surface area contributed by atoms with Gasteiger partial charge in [0.05, 0.1) is 17.7 Å². The highest BCUT2D eigenvalue weighted by Crippen LogP contribution is 2.37. The van der Waals surface area contributed by atoms with Gasteiger partial charge in [-0.1, -0.05) is 12.1 Å². The lowest BCUT2D eigenvalue weighted by molar-refractivity contribution is 0.194. The number of benzene rings is 2. The Bertz CT molecular complexity index is 614. The fraction of sp³-hybridized carbons (Fsp3) is 0.200. The number of rotatable bonds is 4. The Balaban J connectivity index is 2.40. The lowest BCUT2D eigenvalue weighted by Gasteiger charge is -2.15. The van der Waals surface area contributed by atoms with Crippen LogP contribution >= 0.6 is 15.9 Å². The monoisotopic (exact) mass is 340 g/mol. The highest BCUT2D eigenvalue weighted by Gasteiger charge is 2.16. The Hall–Kier alpha value is -1.59. The third kappa shape index (κ3) is 3.11. The molecule has 0 saturated heterocycles. The minimum Gasteiger partial charge on any atom is -0.497 e. The molecule has 2 rings (SSSR count). The van der Waals surface area contributed by atoms with Crippen molar-refractivity contribution in [3.05, 3.63) is 52.3 Å². The summed E-state index contributed by atoms with van der Waals surface area (Å²) in [6.07, 6.45) is -0.822. The van der Waals surface area contributed by atoms with Crippen LogP contribution in [0.1, 0.15) is 18.6 Å². The van der Waals surface area contributed by atoms with E-state index in [9.17, 15) is 9.50 Å². The summed E-state index contributed by atoms with van der Waals surface area (Å²) in [4.78, 5) is 0. The SMILES string of the molecule is COc1ccc(Oc2c(F)cccc2[C@H](C)O)c(Br)c1. The standard InChI is InChI=1S/C15H14BrFO3/c1-9(18)11-4-3-5-13(17)15(11)20-14-7-6-10(19-2)8-12(14)16/h3-9,18H,1-2H3/t9-/m0/s1. The fourth-order valence-electron chi connectivity index (χ4n) is 1.76. The topological polar surface area (TPSA) is 38.7 Å². The first-order chi connectivity index (χ1) is 9.52. The van der Waals surface area contributed by atoms with Gasteiger partial charge in [-0.05, 0) is 47.1 Å². The van der Waals surface area contributed by atoms with Crippen LogP contribution in [-0.2, 0) is 0 Å². The summed E-state index contributed by atoms with van der Waals surface area (Å²) in [5.41, 5.74) is 0.396. The number of ether oxygens (including phenoxy) is 2. The molecule has 1 N–H and O–H groups in total. The average Bonchev–Trinajstić information content (AvgIpc) is 2.42. The molecule has 0 unspecified atom stereocenters. The molecule has 0 heterocycles. The van der Waals surface area contributed by atoms with Crippen molar-refractivity contribution in [2.75, 3.05) is 7.11 Å². The molecule has 0 amide bonds. The molecule has 2 aromatic carbocycles. The van der Waals surface area contributed by atoms with Gasteiger partial charge in [0.15, 0.2) is 11.6 Å². The predicted molar refractivity (Wildman–Crippen MR) is 77.8 cm³/mol. The van der Waals surface area contributed by atoms with Gasteiger partial charge in [0, 0.05) is 5.56 Å². The molecule has 20 heavy (non-hydrogen) atoms. The highest BCUT2D eigenvalue weighted by molar-refractivity contribution is 9.10. The van der Waals surface area contributed by atoms with Gasteiger partial charge in [-0.25, -0.2) is 4.39 Å². The number of hydrogen-bond donors (Lipinski definition) is 1. The summed E-state index contributed by atoms with van der Waals surface area (Å²) < 4.78 is 25.2. The van der Waals surface area contributed by atoms with E-state index in [0.717, 1.165) is 0 Å². The van der Waals surface area contributed by atoms with E-state index in [1.54, 1.807) is 38.3 Å². The van der Waals surface area contributed by atoms with Crippen molar-refractivity contribution in [1.29, 1.82) is 0 Å². The zero-order valence-corrected chi connectivity index (χ0v) is 12.6. The molecule has 3 nitrogen and oxygen atoms in total. The summed E-state index contributed by atoms with van der Waals surface area (Å²) >= 11 is 3.34. The maximum atomic E-state index is 13.9. The second-order valence-corrected chi connectivity index (χ2v) is 5.09. The number of aliphatic hydroxyl groups excluding tert-OH is 1. The number of para-hydroxylation sites is 1. The second-order valence-electron chi connectivity index (χ2n) is 4.23. The van der Waals surface area contributed by atoms with Crippen molar-refractivity contribution in [2.24, 2.45) is 0 Å². The lowest BCUT2D eigenvalue weighted by atomic mass is 10.1. The van der Waals surface area contributed by atoms with Crippen LogP contribution in [0.25, 0.3) is 0 Å². The maximum Gasteiger partial charge on any atom is 0.168 e. The highest BCUT2D eigenvalue weighted by atomic mass is 79.9. The zero-order valence-electron chi connectivity index (χ0n) is 11.1. The van der Waals surface area contributed by atoms with Crippen LogP contribution in [0.3, 0.4) is 0 Å². The minimum atomic E-state index is -0.822. The van der Waals surface area contributed by atoms with Crippen molar-refractivity contribution < 1.29 is 19.0 Å². The molecule has 0 saturated carbocycles. The Morgan fingerprint density at radius 1 is 1.25 bits per heavy atom. The van der Waals surface area contributed by atoms with E-state index in [1.807, 2.05) is 0 Å². The molecule has 0 bridgehead atoms. The summed E-state index contributed by atoms with van der Waals surface area (Å²) in [5.74, 6) is 0.603. The van der Waals surface area contributed by atoms with Crippen molar-refractivity contribution in [3.8, 4) is 17.2 Å². The average molecular weight is 341 g/mol. The Kier molecular flexibility index (Phi) is 4.62. The second kappa shape index (κ2) is 6.24. The van der Waals surface area contributed by atoms with Gasteiger partial charge in [-0.3, -0.25) is 0 Å². The third-order valence-corrected chi connectivity index (χ3v) is 3.42. The molecule has 1 atom stereocenters. The first kappa shape index (κ1) is 14.8. The van der Waals surface area contributed by atoms with Crippen molar-refractivity contribution in [3.63, 3.8) is 0 Å². The summed E-state index contributed by atoms with van der Waals surface area (Å²) in [5, 5.41) is 9.68. The first-order valence-electron chi connectivity index (χ1n) is 6.00. The Labute approximate surface area is 125 Å². The molecule has 106 valence electrons. The molecule has 0 aliphatic rings. The summed E-state index contributed by atoms with van der Waals surface area (Å²) in [7, 11) is 1.56. The van der Waals surface area contributed by atoms with Crippen LogP contribution in [0.2, 0.25) is 0 Å². The normalized spacial score (nSPS) is 12.1. The van der Waals surface area contributed by atoms with Gasteiger partial charge in [0.1, 0.15) is 11.5 Å². The van der Waals surface area contributed by atoms with Crippen LogP contribution in [0.5, 0.6) is 17.2 Å². The lowest BCUT2D eigenvalue weighted by Crippen LogP contribution is -1.99.